The Morgan fingerprint density at radius 3 is 2.62 bits per heavy atom. The lowest BCUT2D eigenvalue weighted by atomic mass is 10.2. The van der Waals surface area contributed by atoms with Gasteiger partial charge in [-0.25, -0.2) is 4.98 Å². The number of aromatic amines is 1. The first-order chi connectivity index (χ1) is 17.7. The number of carbonyl (C=O) groups is 1. The van der Waals surface area contributed by atoms with Crippen LogP contribution < -0.4 is 15.6 Å². The van der Waals surface area contributed by atoms with Crippen molar-refractivity contribution in [1.29, 1.82) is 0 Å². The van der Waals surface area contributed by atoms with Crippen LogP contribution in [0.3, 0.4) is 0 Å². The van der Waals surface area contributed by atoms with Crippen LogP contribution in [0.1, 0.15) is 11.9 Å². The molecule has 0 fully saturated rings. The van der Waals surface area contributed by atoms with Gasteiger partial charge in [-0.05, 0) is 36.8 Å². The van der Waals surface area contributed by atoms with E-state index >= 15 is 0 Å². The van der Waals surface area contributed by atoms with E-state index in [0.717, 1.165) is 34.3 Å². The van der Waals surface area contributed by atoms with Crippen LogP contribution in [0.2, 0.25) is 0 Å². The Balaban J connectivity index is 1.52. The number of alkyl halides is 3. The molecule has 5 aromatic rings. The number of halogens is 3. The van der Waals surface area contributed by atoms with E-state index in [1.807, 2.05) is 25.1 Å². The van der Waals surface area contributed by atoms with Gasteiger partial charge in [-0.2, -0.15) is 0 Å². The van der Waals surface area contributed by atoms with Crippen molar-refractivity contribution < 1.29 is 22.7 Å². The zero-order valence-corrected chi connectivity index (χ0v) is 20.6. The monoisotopic (exact) mass is 546 g/mol. The van der Waals surface area contributed by atoms with Gasteiger partial charge in [-0.15, -0.1) is 23.4 Å². The number of hydrogen-bond acceptors (Lipinski definition) is 8. The van der Waals surface area contributed by atoms with Crippen molar-refractivity contribution in [3.05, 3.63) is 63.9 Å². The molecule has 0 saturated carbocycles. The molecule has 0 aliphatic rings. The number of aromatic nitrogens is 5. The number of amides is 1. The number of ether oxygens (including phenoxy) is 1. The van der Waals surface area contributed by atoms with E-state index in [9.17, 15) is 22.8 Å². The van der Waals surface area contributed by atoms with Crippen LogP contribution in [0.4, 0.5) is 18.3 Å². The molecule has 1 amide bonds. The van der Waals surface area contributed by atoms with Crippen LogP contribution in [-0.2, 0) is 11.2 Å². The zero-order chi connectivity index (χ0) is 26.2. The molecule has 0 aliphatic heterocycles. The number of para-hydroxylation sites is 1. The third kappa shape index (κ3) is 5.29. The van der Waals surface area contributed by atoms with Crippen LogP contribution >= 0.6 is 23.1 Å². The maximum atomic E-state index is 13.6. The minimum atomic E-state index is -4.84. The van der Waals surface area contributed by atoms with E-state index in [-0.39, 0.29) is 28.0 Å². The van der Waals surface area contributed by atoms with Crippen molar-refractivity contribution in [2.75, 3.05) is 11.1 Å². The number of carbonyl (C=O) groups excluding carboxylic acids is 1. The number of aryl methyl sites for hydroxylation is 1. The van der Waals surface area contributed by atoms with Gasteiger partial charge in [0, 0.05) is 10.9 Å². The highest BCUT2D eigenvalue weighted by Crippen LogP contribution is 2.28. The summed E-state index contributed by atoms with van der Waals surface area (Å²) in [4.78, 5) is 33.9. The Bertz CT molecular complexity index is 1660. The van der Waals surface area contributed by atoms with Crippen molar-refractivity contribution in [3.8, 4) is 11.4 Å². The fourth-order valence-corrected chi connectivity index (χ4v) is 5.10. The molecule has 3 heterocycles. The largest absolute Gasteiger partial charge is 0.573 e. The summed E-state index contributed by atoms with van der Waals surface area (Å²) in [5.41, 5.74) is 1.14. The lowest BCUT2D eigenvalue weighted by molar-refractivity contribution is -0.274. The average molecular weight is 547 g/mol. The summed E-state index contributed by atoms with van der Waals surface area (Å²) in [5, 5.41) is 12.6. The third-order valence-electron chi connectivity index (χ3n) is 5.17. The van der Waals surface area contributed by atoms with Gasteiger partial charge in [0.1, 0.15) is 21.8 Å². The van der Waals surface area contributed by atoms with Crippen LogP contribution in [0.5, 0.6) is 5.75 Å². The molecule has 0 saturated heterocycles. The van der Waals surface area contributed by atoms with Gasteiger partial charge in [0.15, 0.2) is 5.16 Å². The van der Waals surface area contributed by atoms with E-state index < -0.39 is 17.7 Å². The van der Waals surface area contributed by atoms with Crippen molar-refractivity contribution in [1.82, 2.24) is 24.7 Å². The predicted molar refractivity (Wildman–Crippen MR) is 135 cm³/mol. The summed E-state index contributed by atoms with van der Waals surface area (Å²) < 4.78 is 42.9. The van der Waals surface area contributed by atoms with E-state index in [1.54, 1.807) is 6.07 Å². The molecule has 0 unspecified atom stereocenters. The predicted octanol–water partition coefficient (Wildman–Crippen LogP) is 4.91. The van der Waals surface area contributed by atoms with Crippen LogP contribution in [0.25, 0.3) is 27.6 Å². The smallest absolute Gasteiger partial charge is 0.406 e. The molecule has 0 radical (unpaired) electrons. The maximum absolute atomic E-state index is 13.6. The highest BCUT2D eigenvalue weighted by atomic mass is 32.2. The van der Waals surface area contributed by atoms with Crippen molar-refractivity contribution in [3.63, 3.8) is 0 Å². The second-order valence-corrected chi connectivity index (χ2v) is 9.67. The van der Waals surface area contributed by atoms with Gasteiger partial charge in [0.2, 0.25) is 11.0 Å². The molecule has 14 heteroatoms. The summed E-state index contributed by atoms with van der Waals surface area (Å²) in [5.74, 6) is -0.907. The molecule has 0 spiro atoms. The molecule has 0 aliphatic carbocycles. The Morgan fingerprint density at radius 2 is 1.92 bits per heavy atom. The fraction of sp³-hybridized carbons (Fsp3) is 0.174. The van der Waals surface area contributed by atoms with Crippen molar-refractivity contribution >= 4 is 56.1 Å². The minimum Gasteiger partial charge on any atom is -0.406 e. The maximum Gasteiger partial charge on any atom is 0.573 e. The number of fused-ring (bicyclic) bond motifs is 3. The number of H-pyrrole nitrogens is 1. The summed E-state index contributed by atoms with van der Waals surface area (Å²) in [7, 11) is 0. The average Bonchev–Trinajstić information content (AvgIpc) is 3.47. The molecular weight excluding hydrogens is 529 g/mol. The first-order valence-corrected chi connectivity index (χ1v) is 12.7. The second kappa shape index (κ2) is 9.86. The second-order valence-electron chi connectivity index (χ2n) is 7.66. The van der Waals surface area contributed by atoms with Gasteiger partial charge >= 0.3 is 6.36 Å². The molecule has 2 N–H and O–H groups in total. The summed E-state index contributed by atoms with van der Waals surface area (Å²) in [6, 6.07) is 12.1. The molecule has 0 bridgehead atoms. The summed E-state index contributed by atoms with van der Waals surface area (Å²) in [6.07, 6.45) is -4.15. The lowest BCUT2D eigenvalue weighted by Gasteiger charge is -2.13. The SMILES string of the molecule is CCc1nnc(NC(=O)CSc2nc3c([nH]c4ccccc43)c(=O)n2-c2ccc(OC(F)(F)F)cc2)s1. The number of benzene rings is 2. The molecule has 190 valence electrons. The van der Waals surface area contributed by atoms with Gasteiger partial charge in [0.25, 0.3) is 5.56 Å². The Morgan fingerprint density at radius 1 is 1.16 bits per heavy atom. The molecule has 3 aromatic heterocycles. The Hall–Kier alpha value is -3.91. The number of nitrogens with zero attached hydrogens (tertiary/aromatic N) is 4. The standard InChI is InChI=1S/C23H17F3N6O3S2/c1-2-17-30-31-21(37-17)28-16(33)11-36-22-29-18-14-5-3-4-6-15(14)27-19(18)20(34)32(22)12-7-9-13(10-8-12)35-23(24,25)26/h3-10,27H,2,11H2,1H3,(H,28,31,33). The highest BCUT2D eigenvalue weighted by Gasteiger charge is 2.31. The first kappa shape index (κ1) is 24.8. The number of hydrogen-bond donors (Lipinski definition) is 2. The minimum absolute atomic E-state index is 0.101. The first-order valence-electron chi connectivity index (χ1n) is 10.9. The molecule has 37 heavy (non-hydrogen) atoms. The zero-order valence-electron chi connectivity index (χ0n) is 19.0. The number of anilines is 1. The number of rotatable bonds is 7. The van der Waals surface area contributed by atoms with Crippen molar-refractivity contribution in [2.24, 2.45) is 0 Å². The Labute approximate surface area is 214 Å². The topological polar surface area (TPSA) is 115 Å². The normalized spacial score (nSPS) is 11.8. The highest BCUT2D eigenvalue weighted by molar-refractivity contribution is 7.99. The van der Waals surface area contributed by atoms with Gasteiger partial charge in [-0.1, -0.05) is 48.2 Å². The van der Waals surface area contributed by atoms with E-state index in [4.69, 9.17) is 0 Å². The fourth-order valence-electron chi connectivity index (χ4n) is 3.60. The van der Waals surface area contributed by atoms with E-state index in [2.05, 4.69) is 30.2 Å². The van der Waals surface area contributed by atoms with Gasteiger partial charge < -0.3 is 9.72 Å². The summed E-state index contributed by atoms with van der Waals surface area (Å²) >= 11 is 2.27. The lowest BCUT2D eigenvalue weighted by Crippen LogP contribution is -2.23. The van der Waals surface area contributed by atoms with E-state index in [0.29, 0.717) is 22.6 Å². The molecule has 9 nitrogen and oxygen atoms in total. The van der Waals surface area contributed by atoms with Gasteiger partial charge in [-0.3, -0.25) is 19.5 Å². The Kier molecular flexibility index (Phi) is 6.60. The third-order valence-corrected chi connectivity index (χ3v) is 7.09. The number of nitrogens with one attached hydrogen (secondary N) is 2. The van der Waals surface area contributed by atoms with Crippen LogP contribution in [-0.4, -0.2) is 42.8 Å². The molecule has 0 atom stereocenters. The van der Waals surface area contributed by atoms with Crippen molar-refractivity contribution in [2.45, 2.75) is 24.9 Å². The van der Waals surface area contributed by atoms with E-state index in [1.165, 1.54) is 28.0 Å². The molecule has 2 aromatic carbocycles. The van der Waals surface area contributed by atoms with Crippen LogP contribution in [0, 0.1) is 0 Å². The number of thioether (sulfide) groups is 1. The molecular formula is C23H17F3N6O3S2. The van der Waals surface area contributed by atoms with Crippen LogP contribution in [0.15, 0.2) is 58.5 Å². The van der Waals surface area contributed by atoms with Gasteiger partial charge in [0.05, 0.1) is 11.4 Å². The molecule has 5 rings (SSSR count). The summed E-state index contributed by atoms with van der Waals surface area (Å²) in [6.45, 7) is 1.93. The quantitative estimate of drug-likeness (QED) is 0.220.